The Kier molecular flexibility index (Phi) is 34.1. The van der Waals surface area contributed by atoms with Crippen LogP contribution in [0.5, 0.6) is 0 Å². The maximum Gasteiger partial charge on any atom is 0.472 e. The van der Waals surface area contributed by atoms with Crippen molar-refractivity contribution < 1.29 is 47.5 Å². The topological polar surface area (TPSA) is 172 Å². The van der Waals surface area contributed by atoms with E-state index in [1.807, 2.05) is 6.08 Å². The molecule has 0 rings (SSSR count). The van der Waals surface area contributed by atoms with Gasteiger partial charge < -0.3 is 25.2 Å². The van der Waals surface area contributed by atoms with E-state index < -0.39 is 57.7 Å². The van der Waals surface area contributed by atoms with Crippen LogP contribution in [-0.4, -0.2) is 59.9 Å². The fraction of sp³-hybridized carbons (Fsp3) is 0.775. The minimum atomic E-state index is -4.74. The monoisotopic (exact) mass is 757 g/mol. The summed E-state index contributed by atoms with van der Waals surface area (Å²) in [5.41, 5.74) is 5.31. The van der Waals surface area contributed by atoms with Gasteiger partial charge in [0.2, 0.25) is 0 Å². The molecule has 0 bridgehead atoms. The van der Waals surface area contributed by atoms with E-state index in [0.29, 0.717) is 6.42 Å². The zero-order chi connectivity index (χ0) is 38.5. The molecule has 0 aliphatic rings. The van der Waals surface area contributed by atoms with Crippen LogP contribution in [0.2, 0.25) is 0 Å². The van der Waals surface area contributed by atoms with Gasteiger partial charge >= 0.3 is 25.7 Å². The summed E-state index contributed by atoms with van der Waals surface area (Å²) < 4.78 is 32.4. The first-order valence-corrected chi connectivity index (χ1v) is 21.6. The Bertz CT molecular complexity index is 1030. The number of ether oxygens (including phenoxy) is 2. The van der Waals surface area contributed by atoms with E-state index >= 15 is 0 Å². The lowest BCUT2D eigenvalue weighted by atomic mass is 10.1. The van der Waals surface area contributed by atoms with Gasteiger partial charge in [0, 0.05) is 12.5 Å². The van der Waals surface area contributed by atoms with Gasteiger partial charge in [0.25, 0.3) is 0 Å². The molecule has 0 fully saturated rings. The number of allylic oxidation sites excluding steroid dienone is 5. The van der Waals surface area contributed by atoms with Gasteiger partial charge in [-0.3, -0.25) is 18.6 Å². The van der Waals surface area contributed by atoms with Crippen molar-refractivity contribution in [2.75, 3.05) is 19.8 Å². The number of carbonyl (C=O) groups is 3. The van der Waals surface area contributed by atoms with Crippen LogP contribution in [0.3, 0.4) is 0 Å². The lowest BCUT2D eigenvalue weighted by Crippen LogP contribution is -2.34. The van der Waals surface area contributed by atoms with Gasteiger partial charge in [-0.25, -0.2) is 9.36 Å². The summed E-state index contributed by atoms with van der Waals surface area (Å²) in [5.74, 6) is -2.65. The predicted molar refractivity (Wildman–Crippen MR) is 208 cm³/mol. The number of phosphoric ester groups is 1. The molecule has 0 heterocycles. The molecule has 0 saturated carbocycles. The van der Waals surface area contributed by atoms with Gasteiger partial charge in [-0.1, -0.05) is 147 Å². The molecule has 0 aliphatic carbocycles. The second-order valence-electron chi connectivity index (χ2n) is 13.5. The number of nitrogens with two attached hydrogens (primary N) is 1. The molecule has 4 N–H and O–H groups in total. The van der Waals surface area contributed by atoms with Crippen molar-refractivity contribution in [2.24, 2.45) is 5.73 Å². The number of carboxylic acids is 1. The third-order valence-corrected chi connectivity index (χ3v) is 9.42. The van der Waals surface area contributed by atoms with E-state index in [0.717, 1.165) is 51.4 Å². The van der Waals surface area contributed by atoms with Gasteiger partial charge in [-0.15, -0.1) is 0 Å². The van der Waals surface area contributed by atoms with Crippen LogP contribution in [0.15, 0.2) is 36.5 Å². The maximum atomic E-state index is 12.5. The van der Waals surface area contributed by atoms with E-state index in [9.17, 15) is 23.8 Å². The molecule has 0 radical (unpaired) electrons. The third-order valence-electron chi connectivity index (χ3n) is 8.47. The van der Waals surface area contributed by atoms with Crippen molar-refractivity contribution in [3.05, 3.63) is 36.5 Å². The van der Waals surface area contributed by atoms with Crippen molar-refractivity contribution in [2.45, 2.75) is 180 Å². The number of aliphatic carboxylic acids is 1. The first-order chi connectivity index (χ1) is 25.1. The minimum absolute atomic E-state index is 0.192. The number of carboxylic acid groups (broad SMARTS) is 1. The van der Waals surface area contributed by atoms with Gasteiger partial charge in [0.05, 0.1) is 13.2 Å². The van der Waals surface area contributed by atoms with Crippen molar-refractivity contribution in [1.82, 2.24) is 0 Å². The second-order valence-corrected chi connectivity index (χ2v) is 14.9. The number of rotatable bonds is 37. The molecule has 11 nitrogen and oxygen atoms in total. The van der Waals surface area contributed by atoms with E-state index in [2.05, 4.69) is 30.5 Å². The Morgan fingerprint density at radius 3 is 1.63 bits per heavy atom. The SMILES string of the molecule is CCCCCC/C=C/CCCCCCCC(=O)OC[C@H](COP(=O)(O)OC[C@H](N)C(=O)O)OC(=O)/C=C/C=C/CCCCCCCCCCCCC. The van der Waals surface area contributed by atoms with Crippen LogP contribution in [0.4, 0.5) is 0 Å². The predicted octanol–water partition coefficient (Wildman–Crippen LogP) is 10.1. The number of phosphoric acid groups is 1. The van der Waals surface area contributed by atoms with E-state index in [-0.39, 0.29) is 6.42 Å². The Hall–Kier alpha value is -2.30. The molecule has 0 spiro atoms. The fourth-order valence-corrected chi connectivity index (χ4v) is 6.04. The summed E-state index contributed by atoms with van der Waals surface area (Å²) >= 11 is 0. The first-order valence-electron chi connectivity index (χ1n) is 20.1. The standard InChI is InChI=1S/C40H72NO10P/c1-3-5-7-9-11-13-15-17-18-20-22-24-26-28-30-32-39(43)51-36(34-49-52(46,47)50-35-37(41)40(44)45)33-48-38(42)31-29-27-25-23-21-19-16-14-12-10-8-6-4-2/h14,16,26,28,30,32,36-37H,3-13,15,17-25,27,29,31,33-35,41H2,1-2H3,(H,44,45)(H,46,47)/b16-14+,28-26+,32-30+/t36-,37+/m1/s1. The summed E-state index contributed by atoms with van der Waals surface area (Å²) in [6.07, 6.45) is 37.1. The lowest BCUT2D eigenvalue weighted by molar-refractivity contribution is -0.157. The van der Waals surface area contributed by atoms with E-state index in [4.69, 9.17) is 24.8 Å². The zero-order valence-electron chi connectivity index (χ0n) is 32.4. The summed E-state index contributed by atoms with van der Waals surface area (Å²) in [4.78, 5) is 45.6. The fourth-order valence-electron chi connectivity index (χ4n) is 5.26. The molecule has 0 amide bonds. The molecule has 0 aromatic rings. The number of unbranched alkanes of at least 4 members (excludes halogenated alkanes) is 20. The summed E-state index contributed by atoms with van der Waals surface area (Å²) in [6.45, 7) is 2.65. The highest BCUT2D eigenvalue weighted by Crippen LogP contribution is 2.43. The third kappa shape index (κ3) is 34.8. The number of carbonyl (C=O) groups excluding carboxylic acids is 2. The molecular weight excluding hydrogens is 685 g/mol. The van der Waals surface area contributed by atoms with E-state index in [1.54, 1.807) is 12.2 Å². The van der Waals surface area contributed by atoms with Crippen LogP contribution >= 0.6 is 7.82 Å². The van der Waals surface area contributed by atoms with Gasteiger partial charge in [0.15, 0.2) is 6.10 Å². The van der Waals surface area contributed by atoms with Gasteiger partial charge in [0.1, 0.15) is 12.6 Å². The van der Waals surface area contributed by atoms with Crippen LogP contribution in [0.25, 0.3) is 0 Å². The summed E-state index contributed by atoms with van der Waals surface area (Å²) in [5, 5.41) is 8.86. The smallest absolute Gasteiger partial charge is 0.472 e. The van der Waals surface area contributed by atoms with Gasteiger partial charge in [-0.05, 0) is 44.9 Å². The highest BCUT2D eigenvalue weighted by molar-refractivity contribution is 7.47. The number of esters is 2. The average molecular weight is 758 g/mol. The Morgan fingerprint density at radius 1 is 0.635 bits per heavy atom. The van der Waals surface area contributed by atoms with Gasteiger partial charge in [-0.2, -0.15) is 0 Å². The largest absolute Gasteiger partial charge is 0.480 e. The molecule has 3 atom stereocenters. The van der Waals surface area contributed by atoms with Crippen molar-refractivity contribution in [3.8, 4) is 0 Å². The average Bonchev–Trinajstić information content (AvgIpc) is 3.12. The van der Waals surface area contributed by atoms with Crippen molar-refractivity contribution in [3.63, 3.8) is 0 Å². The molecule has 0 aromatic heterocycles. The van der Waals surface area contributed by atoms with Crippen molar-refractivity contribution in [1.29, 1.82) is 0 Å². The molecule has 1 unspecified atom stereocenters. The zero-order valence-corrected chi connectivity index (χ0v) is 33.3. The first kappa shape index (κ1) is 49.7. The van der Waals surface area contributed by atoms with E-state index in [1.165, 1.54) is 96.0 Å². The number of hydrogen-bond acceptors (Lipinski definition) is 9. The molecule has 12 heteroatoms. The molecule has 0 saturated heterocycles. The molecule has 0 aromatic carbocycles. The second kappa shape index (κ2) is 35.7. The molecule has 0 aliphatic heterocycles. The lowest BCUT2D eigenvalue weighted by Gasteiger charge is -2.19. The normalized spacial score (nSPS) is 14.2. The van der Waals surface area contributed by atoms with Crippen molar-refractivity contribution >= 4 is 25.7 Å². The summed E-state index contributed by atoms with van der Waals surface area (Å²) in [6, 6.07) is -1.53. The minimum Gasteiger partial charge on any atom is -0.480 e. The highest BCUT2D eigenvalue weighted by atomic mass is 31.2. The van der Waals surface area contributed by atoms with Crippen LogP contribution in [0, 0.1) is 0 Å². The van der Waals surface area contributed by atoms with Crippen LogP contribution < -0.4 is 5.73 Å². The Morgan fingerprint density at radius 2 is 1.10 bits per heavy atom. The highest BCUT2D eigenvalue weighted by Gasteiger charge is 2.27. The Labute approximate surface area is 314 Å². The van der Waals surface area contributed by atoms with Crippen LogP contribution in [-0.2, 0) is 37.5 Å². The molecular formula is C40H72NO10P. The maximum absolute atomic E-state index is 12.5. The number of hydrogen-bond donors (Lipinski definition) is 3. The summed E-state index contributed by atoms with van der Waals surface area (Å²) in [7, 11) is -4.74. The quantitative estimate of drug-likeness (QED) is 0.0137. The molecule has 302 valence electrons. The molecule has 52 heavy (non-hydrogen) atoms. The van der Waals surface area contributed by atoms with Crippen LogP contribution in [0.1, 0.15) is 168 Å². The Balaban J connectivity index is 4.54.